The first kappa shape index (κ1) is 21.2. The Morgan fingerprint density at radius 2 is 1.93 bits per heavy atom. The fraction of sp³-hybridized carbons (Fsp3) is 0.235. The molecule has 1 N–H and O–H groups in total. The first-order valence-electron chi connectivity index (χ1n) is 7.71. The minimum Gasteiger partial charge on any atom is -0.326 e. The van der Waals surface area contributed by atoms with Crippen LogP contribution in [-0.2, 0) is 26.1 Å². The Hall–Kier alpha value is -2.07. The van der Waals surface area contributed by atoms with E-state index in [1.165, 1.54) is 32.4 Å². The van der Waals surface area contributed by atoms with Gasteiger partial charge in [-0.2, -0.15) is 0 Å². The Bertz CT molecular complexity index is 954. The molecule has 0 spiro atoms. The van der Waals surface area contributed by atoms with E-state index < -0.39 is 27.6 Å². The molecule has 0 aromatic heterocycles. The van der Waals surface area contributed by atoms with Gasteiger partial charge in [0.1, 0.15) is 16.5 Å². The zero-order valence-corrected chi connectivity index (χ0v) is 16.1. The normalized spacial score (nSPS) is 11.6. The average Bonchev–Trinajstić information content (AvgIpc) is 2.63. The Morgan fingerprint density at radius 1 is 1.22 bits per heavy atom. The van der Waals surface area contributed by atoms with Crippen LogP contribution in [0.1, 0.15) is 12.0 Å². The van der Waals surface area contributed by atoms with Gasteiger partial charge in [-0.25, -0.2) is 17.2 Å². The third-order valence-corrected chi connectivity index (χ3v) is 5.88. The summed E-state index contributed by atoms with van der Waals surface area (Å²) in [6, 6.07) is 6.94. The van der Waals surface area contributed by atoms with Crippen LogP contribution < -0.4 is 5.32 Å². The summed E-state index contributed by atoms with van der Waals surface area (Å²) in [5.41, 5.74) is 0.262. The summed E-state index contributed by atoms with van der Waals surface area (Å²) >= 11 is 5.94. The number of aryl methyl sites for hydroxylation is 1. The summed E-state index contributed by atoms with van der Waals surface area (Å²) in [6.45, 7) is 0. The van der Waals surface area contributed by atoms with Crippen LogP contribution in [-0.4, -0.2) is 33.0 Å². The van der Waals surface area contributed by atoms with E-state index in [-0.39, 0.29) is 34.0 Å². The zero-order chi connectivity index (χ0) is 20.2. The Morgan fingerprint density at radius 3 is 2.59 bits per heavy atom. The Balaban J connectivity index is 2.12. The van der Waals surface area contributed by atoms with Crippen molar-refractivity contribution in [3.05, 3.63) is 58.6 Å². The van der Waals surface area contributed by atoms with E-state index in [2.05, 4.69) is 10.2 Å². The molecule has 0 aliphatic carbocycles. The molecule has 146 valence electrons. The fourth-order valence-electron chi connectivity index (χ4n) is 2.22. The number of nitrogens with zero attached hydrogens (tertiary/aromatic N) is 1. The van der Waals surface area contributed by atoms with Crippen LogP contribution in [0.3, 0.4) is 0 Å². The number of nitrogens with one attached hydrogen (secondary N) is 1. The molecule has 0 saturated carbocycles. The molecule has 0 aliphatic heterocycles. The molecule has 0 atom stereocenters. The zero-order valence-electron chi connectivity index (χ0n) is 14.5. The van der Waals surface area contributed by atoms with Crippen molar-refractivity contribution in [3.8, 4) is 0 Å². The third kappa shape index (κ3) is 5.23. The maximum atomic E-state index is 13.6. The second-order valence-corrected chi connectivity index (χ2v) is 7.84. The van der Waals surface area contributed by atoms with E-state index >= 15 is 0 Å². The van der Waals surface area contributed by atoms with Crippen molar-refractivity contribution in [2.45, 2.75) is 17.7 Å². The van der Waals surface area contributed by atoms with Gasteiger partial charge in [0.25, 0.3) is 10.0 Å². The van der Waals surface area contributed by atoms with Crippen molar-refractivity contribution in [1.29, 1.82) is 0 Å². The van der Waals surface area contributed by atoms with Crippen LogP contribution in [0, 0.1) is 11.6 Å². The smallest absolute Gasteiger partial charge is 0.266 e. The van der Waals surface area contributed by atoms with Gasteiger partial charge in [0.2, 0.25) is 5.91 Å². The van der Waals surface area contributed by atoms with E-state index in [1.54, 1.807) is 0 Å². The van der Waals surface area contributed by atoms with Crippen LogP contribution in [0.2, 0.25) is 5.02 Å². The lowest BCUT2D eigenvalue weighted by Gasteiger charge is -2.16. The molecule has 6 nitrogen and oxygen atoms in total. The van der Waals surface area contributed by atoms with E-state index in [4.69, 9.17) is 11.6 Å². The highest BCUT2D eigenvalue weighted by Crippen LogP contribution is 2.27. The van der Waals surface area contributed by atoms with Gasteiger partial charge in [-0.05, 0) is 48.4 Å². The minimum atomic E-state index is -4.01. The number of sulfonamides is 1. The maximum absolute atomic E-state index is 13.6. The summed E-state index contributed by atoms with van der Waals surface area (Å²) in [5, 5.41) is 2.46. The van der Waals surface area contributed by atoms with Crippen molar-refractivity contribution in [2.75, 3.05) is 19.5 Å². The van der Waals surface area contributed by atoms with Crippen LogP contribution in [0.4, 0.5) is 14.5 Å². The summed E-state index contributed by atoms with van der Waals surface area (Å²) in [7, 11) is -1.63. The Labute approximate surface area is 160 Å². The van der Waals surface area contributed by atoms with Gasteiger partial charge < -0.3 is 5.32 Å². The summed E-state index contributed by atoms with van der Waals surface area (Å²) in [6.07, 6.45) is -0.135. The summed E-state index contributed by atoms with van der Waals surface area (Å²) in [5.74, 6) is -1.70. The number of anilines is 1. The number of hydrogen-bond donors (Lipinski definition) is 1. The fourth-order valence-corrected chi connectivity index (χ4v) is 3.70. The van der Waals surface area contributed by atoms with Crippen LogP contribution in [0.5, 0.6) is 0 Å². The van der Waals surface area contributed by atoms with Gasteiger partial charge in [0.15, 0.2) is 0 Å². The molecule has 2 rings (SSSR count). The van der Waals surface area contributed by atoms with Crippen molar-refractivity contribution in [3.63, 3.8) is 0 Å². The predicted molar refractivity (Wildman–Crippen MR) is 96.7 cm³/mol. The number of carbonyl (C=O) groups is 1. The standard InChI is InChI=1S/C17H17ClF2N2O4S/c1-22(26-2)27(24,25)16-10-13(5-6-14(16)18)21-17(23)8-3-11-9-12(19)4-7-15(11)20/h4-7,9-10H,3,8H2,1-2H3,(H,21,23). The molecular weight excluding hydrogens is 402 g/mol. The van der Waals surface area contributed by atoms with E-state index in [9.17, 15) is 22.0 Å². The summed E-state index contributed by atoms with van der Waals surface area (Å²) < 4.78 is 52.0. The molecule has 1 amide bonds. The van der Waals surface area contributed by atoms with Crippen molar-refractivity contribution < 1.29 is 26.8 Å². The molecule has 0 unspecified atom stereocenters. The van der Waals surface area contributed by atoms with Gasteiger partial charge in [-0.15, -0.1) is 0 Å². The highest BCUT2D eigenvalue weighted by Gasteiger charge is 2.24. The van der Waals surface area contributed by atoms with Crippen molar-refractivity contribution in [2.24, 2.45) is 0 Å². The molecule has 0 aliphatic rings. The van der Waals surface area contributed by atoms with Crippen LogP contribution in [0.25, 0.3) is 0 Å². The number of hydrogen-bond acceptors (Lipinski definition) is 4. The van der Waals surface area contributed by atoms with Crippen molar-refractivity contribution >= 4 is 33.2 Å². The molecule has 2 aromatic rings. The molecule has 0 radical (unpaired) electrons. The van der Waals surface area contributed by atoms with Gasteiger partial charge >= 0.3 is 0 Å². The molecule has 2 aromatic carbocycles. The molecule has 10 heteroatoms. The van der Waals surface area contributed by atoms with E-state index in [1.807, 2.05) is 0 Å². The van der Waals surface area contributed by atoms with Gasteiger partial charge in [0.05, 0.1) is 12.1 Å². The number of halogens is 3. The molecule has 27 heavy (non-hydrogen) atoms. The topological polar surface area (TPSA) is 75.7 Å². The molecule has 0 heterocycles. The second-order valence-electron chi connectivity index (χ2n) is 5.53. The lowest BCUT2D eigenvalue weighted by Crippen LogP contribution is -2.26. The lowest BCUT2D eigenvalue weighted by molar-refractivity contribution is -0.116. The monoisotopic (exact) mass is 418 g/mol. The quantitative estimate of drug-likeness (QED) is 0.699. The second kappa shape index (κ2) is 8.75. The maximum Gasteiger partial charge on any atom is 0.266 e. The number of rotatable bonds is 7. The predicted octanol–water partition coefficient (Wildman–Crippen LogP) is 3.37. The molecule has 0 fully saturated rings. The highest BCUT2D eigenvalue weighted by atomic mass is 35.5. The molecular formula is C17H17ClF2N2O4S. The third-order valence-electron chi connectivity index (χ3n) is 3.72. The molecule has 0 saturated heterocycles. The number of hydroxylamine groups is 1. The van der Waals surface area contributed by atoms with E-state index in [0.29, 0.717) is 4.47 Å². The first-order valence-corrected chi connectivity index (χ1v) is 9.53. The first-order chi connectivity index (χ1) is 12.6. The van der Waals surface area contributed by atoms with E-state index in [0.717, 1.165) is 18.2 Å². The van der Waals surface area contributed by atoms with Gasteiger partial charge in [-0.1, -0.05) is 16.1 Å². The highest BCUT2D eigenvalue weighted by molar-refractivity contribution is 7.89. The van der Waals surface area contributed by atoms with Gasteiger partial charge in [0, 0.05) is 19.2 Å². The largest absolute Gasteiger partial charge is 0.326 e. The number of benzene rings is 2. The summed E-state index contributed by atoms with van der Waals surface area (Å²) in [4.78, 5) is 16.5. The number of carbonyl (C=O) groups excluding carboxylic acids is 1. The van der Waals surface area contributed by atoms with Crippen LogP contribution >= 0.6 is 11.6 Å². The lowest BCUT2D eigenvalue weighted by atomic mass is 10.1. The van der Waals surface area contributed by atoms with Crippen molar-refractivity contribution in [1.82, 2.24) is 4.47 Å². The molecule has 0 bridgehead atoms. The van der Waals surface area contributed by atoms with Gasteiger partial charge in [-0.3, -0.25) is 9.63 Å². The average molecular weight is 419 g/mol. The Kier molecular flexibility index (Phi) is 6.88. The SMILES string of the molecule is CON(C)S(=O)(=O)c1cc(NC(=O)CCc2cc(F)ccc2F)ccc1Cl. The minimum absolute atomic E-state index is 0.0133. The number of amides is 1. The van der Waals surface area contributed by atoms with Crippen LogP contribution in [0.15, 0.2) is 41.3 Å².